The standard InChI is InChI=1S/C11H13F3N2O2/c12-11(13,14)3-1-2-4-16-10(18)8-5-9(17)7-15-6-8/h5-7,17H,1-4H2,(H,16,18). The van der Waals surface area contributed by atoms with E-state index in [0.717, 1.165) is 0 Å². The summed E-state index contributed by atoms with van der Waals surface area (Å²) < 4.78 is 35.5. The highest BCUT2D eigenvalue weighted by atomic mass is 19.4. The Morgan fingerprint density at radius 2 is 2.06 bits per heavy atom. The second-order valence-corrected chi connectivity index (χ2v) is 3.76. The van der Waals surface area contributed by atoms with Gasteiger partial charge in [-0.15, -0.1) is 0 Å². The molecular weight excluding hydrogens is 249 g/mol. The van der Waals surface area contributed by atoms with Crippen LogP contribution in [0.4, 0.5) is 13.2 Å². The zero-order chi connectivity index (χ0) is 13.6. The summed E-state index contributed by atoms with van der Waals surface area (Å²) in [6.07, 6.45) is -2.33. The van der Waals surface area contributed by atoms with Gasteiger partial charge in [-0.2, -0.15) is 13.2 Å². The summed E-state index contributed by atoms with van der Waals surface area (Å²) in [5.74, 6) is -0.606. The minimum atomic E-state index is -4.15. The first-order valence-corrected chi connectivity index (χ1v) is 5.37. The highest BCUT2D eigenvalue weighted by Crippen LogP contribution is 2.21. The van der Waals surface area contributed by atoms with E-state index < -0.39 is 18.5 Å². The Bertz CT molecular complexity index is 408. The van der Waals surface area contributed by atoms with Crippen molar-refractivity contribution < 1.29 is 23.1 Å². The van der Waals surface area contributed by atoms with Gasteiger partial charge in [-0.3, -0.25) is 9.78 Å². The van der Waals surface area contributed by atoms with E-state index in [9.17, 15) is 18.0 Å². The summed E-state index contributed by atoms with van der Waals surface area (Å²) >= 11 is 0. The van der Waals surface area contributed by atoms with Crippen molar-refractivity contribution >= 4 is 5.91 Å². The number of aromatic nitrogens is 1. The Balaban J connectivity index is 2.26. The highest BCUT2D eigenvalue weighted by Gasteiger charge is 2.25. The third kappa shape index (κ3) is 5.51. The lowest BCUT2D eigenvalue weighted by Gasteiger charge is -2.07. The molecule has 1 aromatic rings. The first-order valence-electron chi connectivity index (χ1n) is 5.37. The molecule has 0 fully saturated rings. The number of rotatable bonds is 5. The SMILES string of the molecule is O=C(NCCCCC(F)(F)F)c1cncc(O)c1. The van der Waals surface area contributed by atoms with Crippen LogP contribution in [0.5, 0.6) is 5.75 Å². The molecule has 1 heterocycles. The maximum absolute atomic E-state index is 11.8. The Kier molecular flexibility index (Phi) is 4.94. The van der Waals surface area contributed by atoms with Gasteiger partial charge in [0, 0.05) is 19.2 Å². The van der Waals surface area contributed by atoms with Gasteiger partial charge in [0.1, 0.15) is 5.75 Å². The van der Waals surface area contributed by atoms with Crippen LogP contribution in [0, 0.1) is 0 Å². The number of carbonyl (C=O) groups is 1. The van der Waals surface area contributed by atoms with Crippen molar-refractivity contribution in [3.63, 3.8) is 0 Å². The predicted molar refractivity (Wildman–Crippen MR) is 58.1 cm³/mol. The van der Waals surface area contributed by atoms with Crippen LogP contribution < -0.4 is 5.32 Å². The molecule has 4 nitrogen and oxygen atoms in total. The van der Waals surface area contributed by atoms with Crippen molar-refractivity contribution in [2.45, 2.75) is 25.4 Å². The molecule has 0 aliphatic heterocycles. The van der Waals surface area contributed by atoms with Gasteiger partial charge in [0.25, 0.3) is 5.91 Å². The number of nitrogens with one attached hydrogen (secondary N) is 1. The third-order valence-electron chi connectivity index (χ3n) is 2.16. The minimum absolute atomic E-state index is 0.0257. The van der Waals surface area contributed by atoms with Crippen molar-refractivity contribution in [1.29, 1.82) is 0 Å². The number of unbranched alkanes of at least 4 members (excludes halogenated alkanes) is 1. The van der Waals surface area contributed by atoms with Crippen molar-refractivity contribution in [3.8, 4) is 5.75 Å². The molecule has 0 spiro atoms. The fraction of sp³-hybridized carbons (Fsp3) is 0.455. The molecule has 0 aromatic carbocycles. The van der Waals surface area contributed by atoms with Crippen molar-refractivity contribution in [3.05, 3.63) is 24.0 Å². The van der Waals surface area contributed by atoms with Crippen LogP contribution in [0.2, 0.25) is 0 Å². The smallest absolute Gasteiger partial charge is 0.389 e. The van der Waals surface area contributed by atoms with Crippen molar-refractivity contribution in [2.24, 2.45) is 0 Å². The fourth-order valence-electron chi connectivity index (χ4n) is 1.31. The number of amides is 1. The van der Waals surface area contributed by atoms with Crippen molar-refractivity contribution in [1.82, 2.24) is 10.3 Å². The molecule has 18 heavy (non-hydrogen) atoms. The van der Waals surface area contributed by atoms with Crippen LogP contribution >= 0.6 is 0 Å². The minimum Gasteiger partial charge on any atom is -0.506 e. The van der Waals surface area contributed by atoms with Crippen LogP contribution in [0.15, 0.2) is 18.5 Å². The van der Waals surface area contributed by atoms with Gasteiger partial charge in [0.05, 0.1) is 11.8 Å². The lowest BCUT2D eigenvalue weighted by molar-refractivity contribution is -0.135. The molecule has 0 unspecified atom stereocenters. The van der Waals surface area contributed by atoms with Gasteiger partial charge < -0.3 is 10.4 Å². The molecule has 0 saturated heterocycles. The lowest BCUT2D eigenvalue weighted by atomic mass is 10.2. The van der Waals surface area contributed by atoms with Gasteiger partial charge >= 0.3 is 6.18 Å². The largest absolute Gasteiger partial charge is 0.506 e. The van der Waals surface area contributed by atoms with E-state index >= 15 is 0 Å². The van der Waals surface area contributed by atoms with E-state index in [4.69, 9.17) is 5.11 Å². The second kappa shape index (κ2) is 6.23. The summed E-state index contributed by atoms with van der Waals surface area (Å²) in [5.41, 5.74) is 0.172. The summed E-state index contributed by atoms with van der Waals surface area (Å²) in [6.45, 7) is 0.157. The van der Waals surface area contributed by atoms with Gasteiger partial charge in [0.15, 0.2) is 0 Å². The molecule has 7 heteroatoms. The number of hydrogen-bond donors (Lipinski definition) is 2. The van der Waals surface area contributed by atoms with Crippen LogP contribution in [-0.2, 0) is 0 Å². The lowest BCUT2D eigenvalue weighted by Crippen LogP contribution is -2.24. The summed E-state index contributed by atoms with van der Waals surface area (Å²) in [4.78, 5) is 15.1. The average molecular weight is 262 g/mol. The first kappa shape index (κ1) is 14.3. The summed E-state index contributed by atoms with van der Waals surface area (Å²) in [6, 6.07) is 1.23. The number of hydrogen-bond acceptors (Lipinski definition) is 3. The predicted octanol–water partition coefficient (Wildman–Crippen LogP) is 2.25. The maximum atomic E-state index is 11.8. The Hall–Kier alpha value is -1.79. The van der Waals surface area contributed by atoms with Crippen LogP contribution in [0.1, 0.15) is 29.6 Å². The van der Waals surface area contributed by atoms with Crippen molar-refractivity contribution in [2.75, 3.05) is 6.54 Å². The zero-order valence-corrected chi connectivity index (χ0v) is 9.50. The van der Waals surface area contributed by atoms with E-state index in [1.807, 2.05) is 0 Å². The summed E-state index contributed by atoms with van der Waals surface area (Å²) in [5, 5.41) is 11.5. The number of halogens is 3. The molecule has 1 rings (SSSR count). The van der Waals surface area contributed by atoms with Crippen LogP contribution in [0.3, 0.4) is 0 Å². The van der Waals surface area contributed by atoms with E-state index in [0.29, 0.717) is 0 Å². The molecule has 100 valence electrons. The van der Waals surface area contributed by atoms with Crippen LogP contribution in [-0.4, -0.2) is 28.7 Å². The van der Waals surface area contributed by atoms with Gasteiger partial charge in [-0.1, -0.05) is 0 Å². The molecule has 1 amide bonds. The normalized spacial score (nSPS) is 11.3. The average Bonchev–Trinajstić information content (AvgIpc) is 2.26. The number of nitrogens with zero attached hydrogens (tertiary/aromatic N) is 1. The molecule has 0 bridgehead atoms. The maximum Gasteiger partial charge on any atom is 0.389 e. The van der Waals surface area contributed by atoms with E-state index in [-0.39, 0.29) is 30.7 Å². The van der Waals surface area contributed by atoms with Gasteiger partial charge in [-0.05, 0) is 18.9 Å². The third-order valence-corrected chi connectivity index (χ3v) is 2.16. The monoisotopic (exact) mass is 262 g/mol. The second-order valence-electron chi connectivity index (χ2n) is 3.76. The molecule has 2 N–H and O–H groups in total. The van der Waals surface area contributed by atoms with Gasteiger partial charge in [-0.25, -0.2) is 0 Å². The summed E-state index contributed by atoms with van der Waals surface area (Å²) in [7, 11) is 0. The van der Waals surface area contributed by atoms with E-state index in [1.54, 1.807) is 0 Å². The topological polar surface area (TPSA) is 62.2 Å². The molecule has 0 atom stereocenters. The molecule has 0 aliphatic carbocycles. The Morgan fingerprint density at radius 1 is 1.33 bits per heavy atom. The molecule has 1 aromatic heterocycles. The highest BCUT2D eigenvalue weighted by molar-refractivity contribution is 5.94. The fourth-order valence-corrected chi connectivity index (χ4v) is 1.31. The van der Waals surface area contributed by atoms with Gasteiger partial charge in [0.2, 0.25) is 0 Å². The molecular formula is C11H13F3N2O2. The van der Waals surface area contributed by atoms with Crippen LogP contribution in [0.25, 0.3) is 0 Å². The van der Waals surface area contributed by atoms with E-state index in [1.165, 1.54) is 18.5 Å². The number of aromatic hydroxyl groups is 1. The molecule has 0 radical (unpaired) electrons. The quantitative estimate of drug-likeness (QED) is 0.800. The van der Waals surface area contributed by atoms with E-state index in [2.05, 4.69) is 10.3 Å². The number of carbonyl (C=O) groups excluding carboxylic acids is 1. The first-order chi connectivity index (χ1) is 8.38. The zero-order valence-electron chi connectivity index (χ0n) is 9.50. The molecule has 0 aliphatic rings. The Morgan fingerprint density at radius 3 is 2.67 bits per heavy atom. The molecule has 0 saturated carbocycles. The number of pyridine rings is 1. The number of alkyl halides is 3. The Labute approximate surface area is 102 Å².